The molecule has 9 N–H and O–H groups in total. The van der Waals surface area contributed by atoms with Crippen molar-refractivity contribution in [2.24, 2.45) is 0 Å². The highest BCUT2D eigenvalue weighted by Crippen LogP contribution is 2.30. The lowest BCUT2D eigenvalue weighted by molar-refractivity contribution is -0.359. The van der Waals surface area contributed by atoms with Gasteiger partial charge in [0.15, 0.2) is 12.6 Å². The monoisotopic (exact) mass is 1100 g/mol. The van der Waals surface area contributed by atoms with E-state index in [1.54, 1.807) is 12.2 Å². The minimum atomic E-state index is -1.79. The fourth-order valence-corrected chi connectivity index (χ4v) is 8.88. The second kappa shape index (κ2) is 48.1. The summed E-state index contributed by atoms with van der Waals surface area (Å²) in [4.78, 5) is 13.0. The Bertz CT molecular complexity index is 1770. The minimum Gasteiger partial charge on any atom is -0.394 e. The summed E-state index contributed by atoms with van der Waals surface area (Å²) < 4.78 is 22.5. The van der Waals surface area contributed by atoms with Crippen molar-refractivity contribution in [1.29, 1.82) is 0 Å². The maximum Gasteiger partial charge on any atom is 0.220 e. The largest absolute Gasteiger partial charge is 0.394 e. The smallest absolute Gasteiger partial charge is 0.220 e. The third-order valence-corrected chi connectivity index (χ3v) is 13.6. The number of carbonyl (C=O) groups is 1. The number of allylic oxidation sites excluding steroid dienone is 19. The van der Waals surface area contributed by atoms with Gasteiger partial charge in [0, 0.05) is 6.42 Å². The standard InChI is InChI=1S/C64H105NO13/c1-3-5-7-8-9-10-11-12-13-14-15-16-17-18-19-20-21-22-23-24-25-26-27-28-29-30-31-32-33-34-35-36-37-38-39-40-41-42-43-44-46-48-56(69)65-52(53(68)47-45-6-4-2)51-75-63-61(74)59(72)62(55(50-67)77-63)78-64-60(73)58(71)57(70)54(49-66)76-64/h5,7,9-10,12-13,15-16,18-19,21-22,24-25,27-28,30-31,45,47,52-55,57-64,66-68,70-74H,3-4,6,8,11,14,17,20,23,26,29,32-44,46,48-51H2,1-2H3,(H,65,69)/b7-5-,10-9-,13-12-,16-15-,19-18-,22-21-,25-24-,28-27-,31-30-,47-45+. The minimum absolute atomic E-state index is 0.259. The van der Waals surface area contributed by atoms with Crippen LogP contribution in [0.25, 0.3) is 0 Å². The fourth-order valence-electron chi connectivity index (χ4n) is 8.88. The van der Waals surface area contributed by atoms with Gasteiger partial charge in [-0.2, -0.15) is 0 Å². The summed E-state index contributed by atoms with van der Waals surface area (Å²) in [5, 5.41) is 86.0. The molecule has 2 heterocycles. The predicted molar refractivity (Wildman–Crippen MR) is 313 cm³/mol. The highest BCUT2D eigenvalue weighted by Gasteiger charge is 2.51. The molecule has 0 spiro atoms. The van der Waals surface area contributed by atoms with Crippen LogP contribution in [0.1, 0.15) is 181 Å². The van der Waals surface area contributed by atoms with E-state index in [1.807, 2.05) is 6.92 Å². The van der Waals surface area contributed by atoms with Gasteiger partial charge in [0.25, 0.3) is 0 Å². The first-order valence-corrected chi connectivity index (χ1v) is 29.8. The summed E-state index contributed by atoms with van der Waals surface area (Å²) in [7, 11) is 0. The molecule has 2 rings (SSSR count). The van der Waals surface area contributed by atoms with Gasteiger partial charge in [0.05, 0.1) is 32.0 Å². The van der Waals surface area contributed by atoms with Crippen LogP contribution in [0.15, 0.2) is 122 Å². The number of unbranched alkanes of at least 4 members (excludes halogenated alkanes) is 14. The van der Waals surface area contributed by atoms with Gasteiger partial charge in [-0.3, -0.25) is 4.79 Å². The van der Waals surface area contributed by atoms with Crippen LogP contribution in [-0.4, -0.2) is 140 Å². The van der Waals surface area contributed by atoms with Crippen LogP contribution in [0.3, 0.4) is 0 Å². The third kappa shape index (κ3) is 33.2. The molecule has 2 aliphatic heterocycles. The molecule has 2 saturated heterocycles. The number of hydrogen-bond acceptors (Lipinski definition) is 13. The van der Waals surface area contributed by atoms with E-state index in [9.17, 15) is 45.6 Å². The van der Waals surface area contributed by atoms with Crippen molar-refractivity contribution in [3.63, 3.8) is 0 Å². The number of ether oxygens (including phenoxy) is 4. The van der Waals surface area contributed by atoms with E-state index in [0.717, 1.165) is 89.9 Å². The Labute approximate surface area is 469 Å². The Kier molecular flexibility index (Phi) is 43.5. The van der Waals surface area contributed by atoms with Crippen LogP contribution < -0.4 is 5.32 Å². The summed E-state index contributed by atoms with van der Waals surface area (Å²) in [6.45, 7) is 2.42. The lowest BCUT2D eigenvalue weighted by Crippen LogP contribution is -2.65. The number of aliphatic hydroxyl groups excluding tert-OH is 8. The molecule has 0 aromatic carbocycles. The van der Waals surface area contributed by atoms with Crippen molar-refractivity contribution < 1.29 is 64.6 Å². The molecule has 0 radical (unpaired) electrons. The summed E-state index contributed by atoms with van der Waals surface area (Å²) in [6.07, 6.45) is 53.9. The molecule has 14 heteroatoms. The SMILES string of the molecule is CC/C=C\C/C=C\C/C=C\C/C=C\C/C=C\C/C=C\C/C=C\C/C=C\C/C=C\CCCCCCCCCCCCCCCC(=O)NC(COC1OC(CO)C(OC2OC(CO)C(O)C(O)C2O)C(O)C1O)C(O)/C=C/CCC. The molecular weight excluding hydrogens is 991 g/mol. The number of rotatable bonds is 45. The summed E-state index contributed by atoms with van der Waals surface area (Å²) >= 11 is 0. The Morgan fingerprint density at radius 2 is 0.885 bits per heavy atom. The molecule has 14 nitrogen and oxygen atoms in total. The van der Waals surface area contributed by atoms with Crippen molar-refractivity contribution in [3.05, 3.63) is 122 Å². The molecule has 0 aromatic heterocycles. The molecule has 444 valence electrons. The van der Waals surface area contributed by atoms with E-state index < -0.39 is 86.8 Å². The maximum atomic E-state index is 13.0. The van der Waals surface area contributed by atoms with Crippen LogP contribution in [0.5, 0.6) is 0 Å². The maximum absolute atomic E-state index is 13.0. The molecule has 0 aliphatic carbocycles. The van der Waals surface area contributed by atoms with Gasteiger partial charge < -0.3 is 65.1 Å². The number of aliphatic hydroxyl groups is 8. The highest BCUT2D eigenvalue weighted by atomic mass is 16.7. The van der Waals surface area contributed by atoms with Crippen LogP contribution in [-0.2, 0) is 23.7 Å². The molecule has 2 fully saturated rings. The van der Waals surface area contributed by atoms with Gasteiger partial charge >= 0.3 is 0 Å². The Morgan fingerprint density at radius 3 is 1.33 bits per heavy atom. The van der Waals surface area contributed by atoms with Crippen molar-refractivity contribution in [3.8, 4) is 0 Å². The van der Waals surface area contributed by atoms with Crippen LogP contribution in [0.2, 0.25) is 0 Å². The first kappa shape index (κ1) is 70.5. The quantitative estimate of drug-likeness (QED) is 0.0205. The van der Waals surface area contributed by atoms with Crippen molar-refractivity contribution in [1.82, 2.24) is 5.32 Å². The Morgan fingerprint density at radius 1 is 0.474 bits per heavy atom. The zero-order valence-electron chi connectivity index (χ0n) is 47.6. The molecule has 0 aromatic rings. The van der Waals surface area contributed by atoms with E-state index >= 15 is 0 Å². The number of carbonyl (C=O) groups excluding carboxylic acids is 1. The molecule has 78 heavy (non-hydrogen) atoms. The van der Waals surface area contributed by atoms with E-state index in [1.165, 1.54) is 57.8 Å². The van der Waals surface area contributed by atoms with Gasteiger partial charge in [-0.05, 0) is 83.5 Å². The molecule has 2 aliphatic rings. The average Bonchev–Trinajstić information content (AvgIpc) is 3.44. The molecule has 12 unspecified atom stereocenters. The summed E-state index contributed by atoms with van der Waals surface area (Å²) in [5.74, 6) is -0.259. The second-order valence-corrected chi connectivity index (χ2v) is 20.4. The third-order valence-electron chi connectivity index (χ3n) is 13.6. The van der Waals surface area contributed by atoms with Crippen molar-refractivity contribution in [2.75, 3.05) is 19.8 Å². The lowest BCUT2D eigenvalue weighted by atomic mass is 9.97. The van der Waals surface area contributed by atoms with E-state index in [-0.39, 0.29) is 18.9 Å². The zero-order valence-corrected chi connectivity index (χ0v) is 47.6. The van der Waals surface area contributed by atoms with Gasteiger partial charge in [-0.1, -0.05) is 212 Å². The van der Waals surface area contributed by atoms with Crippen LogP contribution >= 0.6 is 0 Å². The Hall–Kier alpha value is -3.61. The van der Waals surface area contributed by atoms with Gasteiger partial charge in [0.1, 0.15) is 48.8 Å². The van der Waals surface area contributed by atoms with Gasteiger partial charge in [-0.15, -0.1) is 0 Å². The molecule has 0 saturated carbocycles. The average molecular weight is 1100 g/mol. The number of hydrogen-bond donors (Lipinski definition) is 9. The number of amides is 1. The summed E-state index contributed by atoms with van der Waals surface area (Å²) in [6, 6.07) is -0.917. The van der Waals surface area contributed by atoms with Crippen molar-refractivity contribution in [2.45, 2.75) is 254 Å². The first-order chi connectivity index (χ1) is 38.1. The second-order valence-electron chi connectivity index (χ2n) is 20.4. The molecular formula is C64H105NO13. The molecule has 0 bridgehead atoms. The lowest BCUT2D eigenvalue weighted by Gasteiger charge is -2.46. The molecule has 12 atom stereocenters. The topological polar surface area (TPSA) is 228 Å². The van der Waals surface area contributed by atoms with Crippen molar-refractivity contribution >= 4 is 5.91 Å². The van der Waals surface area contributed by atoms with Gasteiger partial charge in [-0.25, -0.2) is 0 Å². The highest BCUT2D eigenvalue weighted by molar-refractivity contribution is 5.76. The zero-order chi connectivity index (χ0) is 56.7. The van der Waals surface area contributed by atoms with E-state index in [0.29, 0.717) is 12.8 Å². The van der Waals surface area contributed by atoms with E-state index in [4.69, 9.17) is 18.9 Å². The normalized spacial score (nSPS) is 25.5. The molecule has 1 amide bonds. The van der Waals surface area contributed by atoms with Crippen LogP contribution in [0.4, 0.5) is 0 Å². The first-order valence-electron chi connectivity index (χ1n) is 29.8. The van der Waals surface area contributed by atoms with E-state index in [2.05, 4.69) is 122 Å². The number of nitrogens with one attached hydrogen (secondary N) is 1. The van der Waals surface area contributed by atoms with Gasteiger partial charge in [0.2, 0.25) is 5.91 Å². The summed E-state index contributed by atoms with van der Waals surface area (Å²) in [5.41, 5.74) is 0. The predicted octanol–water partition coefficient (Wildman–Crippen LogP) is 10.2. The van der Waals surface area contributed by atoms with Crippen LogP contribution in [0, 0.1) is 0 Å². The Balaban J connectivity index is 1.48. The fraction of sp³-hybridized carbons (Fsp3) is 0.672.